The summed E-state index contributed by atoms with van der Waals surface area (Å²) < 4.78 is 5.27. The molecule has 2 unspecified atom stereocenters. The van der Waals surface area contributed by atoms with Gasteiger partial charge in [0.2, 0.25) is 0 Å². The van der Waals surface area contributed by atoms with Crippen molar-refractivity contribution in [3.05, 3.63) is 83.4 Å². The van der Waals surface area contributed by atoms with Crippen molar-refractivity contribution in [2.24, 2.45) is 0 Å². The van der Waals surface area contributed by atoms with Gasteiger partial charge in [0.25, 0.3) is 0 Å². The number of methoxy groups -OCH3 is 1. The van der Waals surface area contributed by atoms with Gasteiger partial charge in [0, 0.05) is 17.8 Å². The molecule has 1 fully saturated rings. The van der Waals surface area contributed by atoms with Gasteiger partial charge in [0.05, 0.1) is 13.2 Å². The van der Waals surface area contributed by atoms with E-state index in [-0.39, 0.29) is 0 Å². The second kappa shape index (κ2) is 6.43. The summed E-state index contributed by atoms with van der Waals surface area (Å²) in [4.78, 5) is 2.55. The Labute approximate surface area is 159 Å². The Bertz CT molecular complexity index is 980. The van der Waals surface area contributed by atoms with Gasteiger partial charge in [-0.15, -0.1) is 0 Å². The molecule has 1 N–H and O–H groups in total. The minimum absolute atomic E-state index is 0.586. The number of fused-ring (bicyclic) bond motifs is 5. The fraction of sp³-hybridized carbons (Fsp3) is 0.250. The third-order valence-electron chi connectivity index (χ3n) is 5.92. The fourth-order valence-electron chi connectivity index (χ4n) is 4.49. The molecule has 3 nitrogen and oxygen atoms in total. The van der Waals surface area contributed by atoms with Crippen molar-refractivity contribution in [1.29, 1.82) is 0 Å². The van der Waals surface area contributed by atoms with Gasteiger partial charge in [-0.25, -0.2) is 0 Å². The summed E-state index contributed by atoms with van der Waals surface area (Å²) >= 11 is 0. The maximum Gasteiger partial charge on any atom is 0.119 e. The molecule has 0 aliphatic carbocycles. The molecule has 5 rings (SSSR count). The van der Waals surface area contributed by atoms with Crippen LogP contribution in [0.5, 0.6) is 5.75 Å². The van der Waals surface area contributed by atoms with Crippen LogP contribution in [0.3, 0.4) is 0 Å². The highest BCUT2D eigenvalue weighted by Gasteiger charge is 2.33. The van der Waals surface area contributed by atoms with Gasteiger partial charge in [0.15, 0.2) is 0 Å². The molecule has 3 aromatic carbocycles. The van der Waals surface area contributed by atoms with Crippen molar-refractivity contribution in [1.82, 2.24) is 0 Å². The van der Waals surface area contributed by atoms with Crippen LogP contribution in [-0.2, 0) is 0 Å². The smallest absolute Gasteiger partial charge is 0.119 e. The molecule has 2 atom stereocenters. The lowest BCUT2D eigenvalue weighted by atomic mass is 9.97. The molecule has 3 heteroatoms. The second-order valence-corrected chi connectivity index (χ2v) is 7.43. The van der Waals surface area contributed by atoms with E-state index in [1.165, 1.54) is 35.2 Å². The van der Waals surface area contributed by atoms with Gasteiger partial charge in [-0.2, -0.15) is 0 Å². The quantitative estimate of drug-likeness (QED) is 0.705. The molecule has 0 spiro atoms. The maximum atomic E-state index is 10.7. The Hall–Kier alpha value is -2.78. The first-order valence-corrected chi connectivity index (χ1v) is 9.57. The number of hydrogen-bond donors (Lipinski definition) is 1. The molecular formula is C24H23NO2. The molecule has 136 valence electrons. The molecule has 0 radical (unpaired) electrons. The highest BCUT2D eigenvalue weighted by molar-refractivity contribution is 5.82. The molecule has 2 aliphatic heterocycles. The molecule has 0 aromatic heterocycles. The van der Waals surface area contributed by atoms with E-state index in [1.807, 2.05) is 36.4 Å². The zero-order chi connectivity index (χ0) is 18.4. The van der Waals surface area contributed by atoms with Crippen molar-refractivity contribution >= 4 is 5.69 Å². The summed E-state index contributed by atoms with van der Waals surface area (Å²) in [5.74, 6) is 0.756. The first-order chi connectivity index (χ1) is 13.2. The summed E-state index contributed by atoms with van der Waals surface area (Å²) in [6, 6.07) is 23.3. The number of aliphatic hydroxyl groups excluding tert-OH is 1. The van der Waals surface area contributed by atoms with E-state index < -0.39 is 6.10 Å². The molecule has 1 saturated heterocycles. The number of rotatable bonds is 4. The Morgan fingerprint density at radius 2 is 1.85 bits per heavy atom. The van der Waals surface area contributed by atoms with Crippen LogP contribution >= 0.6 is 0 Å². The van der Waals surface area contributed by atoms with Gasteiger partial charge < -0.3 is 14.7 Å². The molecule has 2 bridgehead atoms. The highest BCUT2D eigenvalue weighted by Crippen LogP contribution is 2.47. The van der Waals surface area contributed by atoms with E-state index in [4.69, 9.17) is 4.74 Å². The molecule has 3 aromatic rings. The van der Waals surface area contributed by atoms with E-state index in [0.29, 0.717) is 6.04 Å². The minimum Gasteiger partial charge on any atom is -0.497 e. The molecule has 27 heavy (non-hydrogen) atoms. The summed E-state index contributed by atoms with van der Waals surface area (Å²) in [6.07, 6.45) is 1.88. The Balaban J connectivity index is 1.44. The average Bonchev–Trinajstić information content (AvgIpc) is 3.31. The van der Waals surface area contributed by atoms with Gasteiger partial charge in [0.1, 0.15) is 11.9 Å². The lowest BCUT2D eigenvalue weighted by Gasteiger charge is -2.21. The zero-order valence-electron chi connectivity index (χ0n) is 15.4. The molecule has 2 aliphatic rings. The first-order valence-electron chi connectivity index (χ1n) is 9.57. The Morgan fingerprint density at radius 1 is 1.00 bits per heavy atom. The maximum absolute atomic E-state index is 10.7. The highest BCUT2D eigenvalue weighted by atomic mass is 16.5. The Morgan fingerprint density at radius 3 is 2.67 bits per heavy atom. The number of nitrogens with zero attached hydrogens (tertiary/aromatic N) is 1. The van der Waals surface area contributed by atoms with Crippen molar-refractivity contribution < 1.29 is 9.84 Å². The number of ether oxygens (including phenoxy) is 1. The lowest BCUT2D eigenvalue weighted by Crippen LogP contribution is -2.17. The van der Waals surface area contributed by atoms with E-state index in [0.717, 1.165) is 23.4 Å². The van der Waals surface area contributed by atoms with Crippen LogP contribution in [0.1, 0.15) is 41.7 Å². The van der Waals surface area contributed by atoms with Crippen molar-refractivity contribution in [3.8, 4) is 16.9 Å². The Kier molecular flexibility index (Phi) is 3.91. The van der Waals surface area contributed by atoms with Crippen molar-refractivity contribution in [2.45, 2.75) is 25.0 Å². The van der Waals surface area contributed by atoms with Crippen LogP contribution < -0.4 is 9.64 Å². The van der Waals surface area contributed by atoms with Crippen LogP contribution in [-0.4, -0.2) is 18.8 Å². The molecule has 2 heterocycles. The second-order valence-electron chi connectivity index (χ2n) is 7.43. The predicted molar refractivity (Wildman–Crippen MR) is 108 cm³/mol. The topological polar surface area (TPSA) is 32.7 Å². The summed E-state index contributed by atoms with van der Waals surface area (Å²) in [5.41, 5.74) is 7.02. The number of aliphatic hydroxyl groups is 1. The number of benzene rings is 3. The van der Waals surface area contributed by atoms with Crippen LogP contribution in [0.2, 0.25) is 0 Å². The first kappa shape index (κ1) is 16.4. The molecular weight excluding hydrogens is 334 g/mol. The van der Waals surface area contributed by atoms with Crippen molar-refractivity contribution in [2.75, 3.05) is 18.6 Å². The summed E-state index contributed by atoms with van der Waals surface area (Å²) in [7, 11) is 1.64. The van der Waals surface area contributed by atoms with Crippen LogP contribution in [0, 0.1) is 0 Å². The van der Waals surface area contributed by atoms with E-state index in [1.54, 1.807) is 7.11 Å². The van der Waals surface area contributed by atoms with Gasteiger partial charge >= 0.3 is 0 Å². The molecule has 0 amide bonds. The third kappa shape index (κ3) is 2.70. The van der Waals surface area contributed by atoms with Crippen LogP contribution in [0.25, 0.3) is 11.1 Å². The van der Waals surface area contributed by atoms with Gasteiger partial charge in [-0.3, -0.25) is 0 Å². The molecule has 0 saturated carbocycles. The summed E-state index contributed by atoms with van der Waals surface area (Å²) in [6.45, 7) is 1.15. The average molecular weight is 357 g/mol. The third-order valence-corrected chi connectivity index (χ3v) is 5.92. The standard InChI is InChI=1S/C24H23NO2/c1-27-20-5-2-4-19(14-20)24(26)17-9-7-16(8-10-17)21-12-11-18-15-23(21)25-13-3-6-22(18)25/h2,4-5,7-12,14-15,22,24,26H,3,6,13H2,1H3. The van der Waals surface area contributed by atoms with Gasteiger partial charge in [-0.05, 0) is 53.3 Å². The predicted octanol–water partition coefficient (Wildman–Crippen LogP) is 5.10. The SMILES string of the molecule is COc1cccc(C(O)c2ccc(-c3ccc4cc3N3CCCC43)cc2)c1. The number of anilines is 1. The van der Waals surface area contributed by atoms with E-state index in [9.17, 15) is 5.11 Å². The largest absolute Gasteiger partial charge is 0.497 e. The van der Waals surface area contributed by atoms with Crippen molar-refractivity contribution in [3.63, 3.8) is 0 Å². The monoisotopic (exact) mass is 357 g/mol. The number of hydrogen-bond acceptors (Lipinski definition) is 3. The minimum atomic E-state index is -0.658. The lowest BCUT2D eigenvalue weighted by molar-refractivity contribution is 0.220. The van der Waals surface area contributed by atoms with E-state index in [2.05, 4.69) is 35.2 Å². The van der Waals surface area contributed by atoms with Gasteiger partial charge in [-0.1, -0.05) is 48.5 Å². The normalized spacial score (nSPS) is 18.4. The van der Waals surface area contributed by atoms with E-state index >= 15 is 0 Å². The van der Waals surface area contributed by atoms with Crippen LogP contribution in [0.4, 0.5) is 5.69 Å². The van der Waals surface area contributed by atoms with Crippen LogP contribution in [0.15, 0.2) is 66.7 Å². The fourth-order valence-corrected chi connectivity index (χ4v) is 4.49. The zero-order valence-corrected chi connectivity index (χ0v) is 15.4. The summed E-state index contributed by atoms with van der Waals surface area (Å²) in [5, 5.41) is 10.7.